The molecule has 0 saturated carbocycles. The van der Waals surface area contributed by atoms with Gasteiger partial charge in [-0.05, 0) is 48.5 Å². The Hall–Kier alpha value is -4.25. The van der Waals surface area contributed by atoms with Gasteiger partial charge in [-0.3, -0.25) is 0 Å². The SMILES string of the molecule is c1ccc2nc(-c3ccc4nc(-c5ccc6nnccc6c5)ccc4c3)ncc2c1. The second-order valence-electron chi connectivity index (χ2n) is 7.16. The van der Waals surface area contributed by atoms with E-state index < -0.39 is 0 Å². The van der Waals surface area contributed by atoms with Gasteiger partial charge in [-0.2, -0.15) is 10.2 Å². The van der Waals surface area contributed by atoms with Gasteiger partial charge in [0, 0.05) is 33.5 Å². The minimum Gasteiger partial charge on any atom is -0.248 e. The molecule has 6 aromatic rings. The molecule has 0 amide bonds. The Bertz CT molecular complexity index is 1440. The summed E-state index contributed by atoms with van der Waals surface area (Å²) >= 11 is 0. The molecule has 5 nitrogen and oxygen atoms in total. The Morgan fingerprint density at radius 2 is 1.37 bits per heavy atom. The lowest BCUT2D eigenvalue weighted by atomic mass is 10.1. The Morgan fingerprint density at radius 3 is 2.37 bits per heavy atom. The maximum absolute atomic E-state index is 4.86. The van der Waals surface area contributed by atoms with Crippen molar-refractivity contribution >= 4 is 32.7 Å². The lowest BCUT2D eigenvalue weighted by Crippen LogP contribution is -1.91. The first-order valence-electron chi connectivity index (χ1n) is 9.68. The molecule has 3 aromatic heterocycles. The highest BCUT2D eigenvalue weighted by atomic mass is 15.1. The van der Waals surface area contributed by atoms with Crippen molar-refractivity contribution in [1.29, 1.82) is 0 Å². The molecule has 0 unspecified atom stereocenters. The van der Waals surface area contributed by atoms with E-state index >= 15 is 0 Å². The third-order valence-corrected chi connectivity index (χ3v) is 5.25. The van der Waals surface area contributed by atoms with Gasteiger partial charge in [-0.1, -0.05) is 30.3 Å². The van der Waals surface area contributed by atoms with Crippen LogP contribution < -0.4 is 0 Å². The minimum atomic E-state index is 0.718. The molecule has 0 N–H and O–H groups in total. The normalized spacial score (nSPS) is 11.3. The van der Waals surface area contributed by atoms with Gasteiger partial charge < -0.3 is 0 Å². The van der Waals surface area contributed by atoms with Gasteiger partial charge >= 0.3 is 0 Å². The van der Waals surface area contributed by atoms with E-state index in [1.165, 1.54) is 0 Å². The summed E-state index contributed by atoms with van der Waals surface area (Å²) in [6, 6.07) is 26.3. The summed E-state index contributed by atoms with van der Waals surface area (Å²) in [5, 5.41) is 11.2. The number of benzene rings is 3. The second kappa shape index (κ2) is 6.67. The van der Waals surface area contributed by atoms with E-state index in [2.05, 4.69) is 33.4 Å². The van der Waals surface area contributed by atoms with Gasteiger partial charge in [-0.25, -0.2) is 15.0 Å². The fraction of sp³-hybridized carbons (Fsp3) is 0. The van der Waals surface area contributed by atoms with Crippen LogP contribution in [0, 0.1) is 0 Å². The van der Waals surface area contributed by atoms with Crippen LogP contribution in [0.1, 0.15) is 0 Å². The Morgan fingerprint density at radius 1 is 0.567 bits per heavy atom. The highest BCUT2D eigenvalue weighted by Gasteiger charge is 2.07. The lowest BCUT2D eigenvalue weighted by molar-refractivity contribution is 1.08. The molecule has 0 spiro atoms. The van der Waals surface area contributed by atoms with Crippen molar-refractivity contribution in [2.45, 2.75) is 0 Å². The molecule has 0 bridgehead atoms. The number of nitrogens with zero attached hydrogens (tertiary/aromatic N) is 5. The number of hydrogen-bond acceptors (Lipinski definition) is 5. The second-order valence-corrected chi connectivity index (χ2v) is 7.16. The van der Waals surface area contributed by atoms with Crippen LogP contribution in [0.5, 0.6) is 0 Å². The highest BCUT2D eigenvalue weighted by Crippen LogP contribution is 2.27. The van der Waals surface area contributed by atoms with Crippen LogP contribution in [0.3, 0.4) is 0 Å². The highest BCUT2D eigenvalue weighted by molar-refractivity contribution is 5.88. The molecule has 6 rings (SSSR count). The number of pyridine rings is 1. The van der Waals surface area contributed by atoms with Gasteiger partial charge in [0.05, 0.1) is 28.4 Å². The van der Waals surface area contributed by atoms with Crippen molar-refractivity contribution in [2.75, 3.05) is 0 Å². The molecule has 0 fully saturated rings. The maximum Gasteiger partial charge on any atom is 0.159 e. The maximum atomic E-state index is 4.86. The third-order valence-electron chi connectivity index (χ3n) is 5.25. The van der Waals surface area contributed by atoms with Crippen molar-refractivity contribution in [3.63, 3.8) is 0 Å². The van der Waals surface area contributed by atoms with Crippen LogP contribution in [0.25, 0.3) is 55.4 Å². The standard InChI is InChI=1S/C25H15N5/c1-2-4-21-20(3-1)15-26-25(29-21)19-7-9-23-17(14-19)5-8-22(28-23)16-6-10-24-18(13-16)11-12-27-30-24/h1-15H. The van der Waals surface area contributed by atoms with E-state index in [4.69, 9.17) is 9.97 Å². The Labute approximate surface area is 172 Å². The minimum absolute atomic E-state index is 0.718. The largest absolute Gasteiger partial charge is 0.248 e. The predicted octanol–water partition coefficient (Wildman–Crippen LogP) is 5.46. The van der Waals surface area contributed by atoms with Crippen molar-refractivity contribution < 1.29 is 0 Å². The van der Waals surface area contributed by atoms with Gasteiger partial charge in [0.25, 0.3) is 0 Å². The summed E-state index contributed by atoms with van der Waals surface area (Å²) in [7, 11) is 0. The number of para-hydroxylation sites is 1. The van der Waals surface area contributed by atoms with Crippen LogP contribution in [0.4, 0.5) is 0 Å². The number of fused-ring (bicyclic) bond motifs is 3. The molecule has 3 aromatic carbocycles. The molecule has 0 saturated heterocycles. The number of aromatic nitrogens is 5. The zero-order valence-corrected chi connectivity index (χ0v) is 15.9. The molecular formula is C25H15N5. The monoisotopic (exact) mass is 385 g/mol. The fourth-order valence-electron chi connectivity index (χ4n) is 3.68. The van der Waals surface area contributed by atoms with E-state index in [1.807, 2.05) is 66.9 Å². The van der Waals surface area contributed by atoms with Crippen molar-refractivity contribution in [3.8, 4) is 22.6 Å². The van der Waals surface area contributed by atoms with E-state index in [0.717, 1.165) is 55.4 Å². The summed E-state index contributed by atoms with van der Waals surface area (Å²) in [6.07, 6.45) is 3.57. The first kappa shape index (κ1) is 16.7. The first-order chi connectivity index (χ1) is 14.8. The van der Waals surface area contributed by atoms with E-state index in [9.17, 15) is 0 Å². The predicted molar refractivity (Wildman–Crippen MR) is 119 cm³/mol. The Balaban J connectivity index is 1.41. The zero-order valence-electron chi connectivity index (χ0n) is 15.9. The van der Waals surface area contributed by atoms with Gasteiger partial charge in [0.2, 0.25) is 0 Å². The molecule has 3 heterocycles. The quantitative estimate of drug-likeness (QED) is 0.396. The van der Waals surface area contributed by atoms with Gasteiger partial charge in [0.1, 0.15) is 0 Å². The third kappa shape index (κ3) is 2.84. The molecule has 140 valence electrons. The lowest BCUT2D eigenvalue weighted by Gasteiger charge is -2.07. The van der Waals surface area contributed by atoms with Crippen LogP contribution in [-0.4, -0.2) is 25.1 Å². The summed E-state index contributed by atoms with van der Waals surface area (Å²) in [5.41, 5.74) is 5.71. The zero-order chi connectivity index (χ0) is 19.9. The molecule has 30 heavy (non-hydrogen) atoms. The number of hydrogen-bond donors (Lipinski definition) is 0. The molecule has 5 heteroatoms. The number of rotatable bonds is 2. The summed E-state index contributed by atoms with van der Waals surface area (Å²) in [6.45, 7) is 0. The molecule has 0 aliphatic carbocycles. The topological polar surface area (TPSA) is 64.5 Å². The first-order valence-corrected chi connectivity index (χ1v) is 9.68. The molecule has 0 aliphatic heterocycles. The van der Waals surface area contributed by atoms with E-state index in [0.29, 0.717) is 0 Å². The molecule has 0 radical (unpaired) electrons. The Kier molecular flexibility index (Phi) is 3.71. The van der Waals surface area contributed by atoms with E-state index in [-0.39, 0.29) is 0 Å². The average Bonchev–Trinajstić information content (AvgIpc) is 2.83. The van der Waals surface area contributed by atoms with Crippen LogP contribution in [0.15, 0.2) is 91.3 Å². The average molecular weight is 385 g/mol. The van der Waals surface area contributed by atoms with Crippen molar-refractivity contribution in [2.24, 2.45) is 0 Å². The van der Waals surface area contributed by atoms with Crippen LogP contribution in [-0.2, 0) is 0 Å². The van der Waals surface area contributed by atoms with Crippen LogP contribution in [0.2, 0.25) is 0 Å². The molecular weight excluding hydrogens is 370 g/mol. The van der Waals surface area contributed by atoms with Crippen LogP contribution >= 0.6 is 0 Å². The molecule has 0 aliphatic rings. The fourth-order valence-corrected chi connectivity index (χ4v) is 3.68. The van der Waals surface area contributed by atoms with Crippen molar-refractivity contribution in [1.82, 2.24) is 25.1 Å². The van der Waals surface area contributed by atoms with Gasteiger partial charge in [0.15, 0.2) is 5.82 Å². The van der Waals surface area contributed by atoms with E-state index in [1.54, 1.807) is 6.20 Å². The smallest absolute Gasteiger partial charge is 0.159 e. The summed E-state index contributed by atoms with van der Waals surface area (Å²) in [4.78, 5) is 14.1. The molecule has 0 atom stereocenters. The summed E-state index contributed by atoms with van der Waals surface area (Å²) < 4.78 is 0. The summed E-state index contributed by atoms with van der Waals surface area (Å²) in [5.74, 6) is 0.718. The van der Waals surface area contributed by atoms with Gasteiger partial charge in [-0.15, -0.1) is 0 Å². The van der Waals surface area contributed by atoms with Crippen molar-refractivity contribution in [3.05, 3.63) is 91.3 Å².